The summed E-state index contributed by atoms with van der Waals surface area (Å²) < 4.78 is 8.88. The van der Waals surface area contributed by atoms with E-state index in [2.05, 4.69) is 13.9 Å². The number of carbonyl (C=O) groups is 2. The molecule has 6 nitrogen and oxygen atoms in total. The Kier molecular flexibility index (Phi) is 2.93. The molecule has 0 fully saturated rings. The van der Waals surface area contributed by atoms with E-state index in [1.54, 1.807) is 0 Å². The van der Waals surface area contributed by atoms with Crippen LogP contribution in [0.25, 0.3) is 5.53 Å². The van der Waals surface area contributed by atoms with Crippen molar-refractivity contribution < 1.29 is 23.5 Å². The Morgan fingerprint density at radius 3 is 2.71 bits per heavy atom. The van der Waals surface area contributed by atoms with E-state index in [-0.39, 0.29) is 5.56 Å². The molecular formula is C8H6N2O4. The van der Waals surface area contributed by atoms with E-state index in [1.807, 2.05) is 0 Å². The standard InChI is InChI=1S/C8H6N2O4/c1-13-8(12)6(10-9)7(11)5-2-3-14-4-5/h2-4H,1H3. The second-order valence-electron chi connectivity index (χ2n) is 2.28. The van der Waals surface area contributed by atoms with Crippen LogP contribution in [0.15, 0.2) is 23.0 Å². The summed E-state index contributed by atoms with van der Waals surface area (Å²) in [7, 11) is 1.08. The van der Waals surface area contributed by atoms with Crippen molar-refractivity contribution in [1.29, 1.82) is 0 Å². The van der Waals surface area contributed by atoms with E-state index in [4.69, 9.17) is 5.53 Å². The van der Waals surface area contributed by atoms with Gasteiger partial charge in [-0.2, -0.15) is 4.79 Å². The van der Waals surface area contributed by atoms with Crippen molar-refractivity contribution in [2.75, 3.05) is 7.11 Å². The summed E-state index contributed by atoms with van der Waals surface area (Å²) in [4.78, 5) is 24.9. The van der Waals surface area contributed by atoms with Gasteiger partial charge in [-0.25, -0.2) is 4.79 Å². The number of esters is 1. The van der Waals surface area contributed by atoms with Gasteiger partial charge in [-0.3, -0.25) is 4.79 Å². The number of methoxy groups -OCH3 is 1. The summed E-state index contributed by atoms with van der Waals surface area (Å²) in [5, 5.41) is 0. The molecular weight excluding hydrogens is 188 g/mol. The number of nitrogens with zero attached hydrogens (tertiary/aromatic N) is 2. The molecule has 0 atom stereocenters. The third-order valence-electron chi connectivity index (χ3n) is 1.48. The maximum atomic E-state index is 11.4. The molecule has 0 aliphatic rings. The second kappa shape index (κ2) is 4.15. The fraction of sp³-hybridized carbons (Fsp3) is 0.125. The molecule has 0 spiro atoms. The molecule has 0 radical (unpaired) electrons. The van der Waals surface area contributed by atoms with Crippen LogP contribution in [0.3, 0.4) is 0 Å². The maximum absolute atomic E-state index is 11.4. The summed E-state index contributed by atoms with van der Waals surface area (Å²) in [6.07, 6.45) is 2.40. The predicted octanol–water partition coefficient (Wildman–Crippen LogP) is 0.306. The smallest absolute Gasteiger partial charge is 0.446 e. The Bertz CT molecular complexity index is 401. The Balaban J connectivity index is 3.00. The van der Waals surface area contributed by atoms with Crippen molar-refractivity contribution in [3.63, 3.8) is 0 Å². The van der Waals surface area contributed by atoms with E-state index in [0.29, 0.717) is 0 Å². The Labute approximate surface area is 78.7 Å². The van der Waals surface area contributed by atoms with Crippen molar-refractivity contribution in [1.82, 2.24) is 0 Å². The van der Waals surface area contributed by atoms with Gasteiger partial charge in [0.05, 0.1) is 18.9 Å². The van der Waals surface area contributed by atoms with Gasteiger partial charge in [0.25, 0.3) is 5.78 Å². The minimum absolute atomic E-state index is 0.114. The lowest BCUT2D eigenvalue weighted by molar-refractivity contribution is -0.137. The molecule has 1 aromatic rings. The van der Waals surface area contributed by atoms with Gasteiger partial charge in [0.2, 0.25) is 0 Å². The molecule has 0 N–H and O–H groups in total. The highest BCUT2D eigenvalue weighted by Crippen LogP contribution is 2.02. The van der Waals surface area contributed by atoms with E-state index in [9.17, 15) is 9.59 Å². The van der Waals surface area contributed by atoms with E-state index < -0.39 is 17.5 Å². The third kappa shape index (κ3) is 1.75. The zero-order valence-electron chi connectivity index (χ0n) is 7.26. The van der Waals surface area contributed by atoms with Gasteiger partial charge in [0, 0.05) is 0 Å². The zero-order valence-corrected chi connectivity index (χ0v) is 7.26. The molecule has 0 saturated carbocycles. The predicted molar refractivity (Wildman–Crippen MR) is 43.7 cm³/mol. The Morgan fingerprint density at radius 2 is 2.29 bits per heavy atom. The summed E-state index contributed by atoms with van der Waals surface area (Å²) >= 11 is 0. The van der Waals surface area contributed by atoms with Crippen molar-refractivity contribution in [2.45, 2.75) is 0 Å². The average Bonchev–Trinajstić information content (AvgIpc) is 2.71. The van der Waals surface area contributed by atoms with Gasteiger partial charge >= 0.3 is 11.7 Å². The lowest BCUT2D eigenvalue weighted by atomic mass is 10.1. The summed E-state index contributed by atoms with van der Waals surface area (Å²) in [6.45, 7) is 0. The normalized spacial score (nSPS) is 8.93. The highest BCUT2D eigenvalue weighted by Gasteiger charge is 2.32. The van der Waals surface area contributed by atoms with Crippen LogP contribution in [0.1, 0.15) is 10.4 Å². The van der Waals surface area contributed by atoms with Crippen molar-refractivity contribution in [3.8, 4) is 0 Å². The zero-order chi connectivity index (χ0) is 10.6. The third-order valence-corrected chi connectivity index (χ3v) is 1.48. The van der Waals surface area contributed by atoms with Crippen molar-refractivity contribution in [2.24, 2.45) is 0 Å². The Hall–Kier alpha value is -2.20. The number of hydrogen-bond donors (Lipinski definition) is 0. The first-order valence-corrected chi connectivity index (χ1v) is 3.58. The van der Waals surface area contributed by atoms with E-state index in [1.165, 1.54) is 12.3 Å². The maximum Gasteiger partial charge on any atom is 0.446 e. The van der Waals surface area contributed by atoms with Crippen LogP contribution in [0.5, 0.6) is 0 Å². The molecule has 0 unspecified atom stereocenters. The number of hydrogen-bond acceptors (Lipinski definition) is 4. The number of rotatable bonds is 3. The molecule has 1 rings (SSSR count). The molecule has 0 saturated heterocycles. The summed E-state index contributed by atoms with van der Waals surface area (Å²) in [5.74, 6) is -1.76. The van der Waals surface area contributed by atoms with Crippen LogP contribution >= 0.6 is 0 Å². The molecule has 0 bridgehead atoms. The van der Waals surface area contributed by atoms with Gasteiger partial charge in [0.1, 0.15) is 6.26 Å². The van der Waals surface area contributed by atoms with Gasteiger partial charge < -0.3 is 14.7 Å². The highest BCUT2D eigenvalue weighted by molar-refractivity contribution is 6.65. The van der Waals surface area contributed by atoms with Crippen molar-refractivity contribution in [3.05, 3.63) is 29.7 Å². The highest BCUT2D eigenvalue weighted by atomic mass is 16.5. The first-order chi connectivity index (χ1) is 6.70. The number of ketones is 1. The number of ether oxygens (including phenoxy) is 1. The summed E-state index contributed by atoms with van der Waals surface area (Å²) in [5.41, 5.74) is 7.86. The van der Waals surface area contributed by atoms with E-state index >= 15 is 0 Å². The van der Waals surface area contributed by atoms with Gasteiger partial charge in [0.15, 0.2) is 0 Å². The lowest BCUT2D eigenvalue weighted by Crippen LogP contribution is -2.26. The monoisotopic (exact) mass is 194 g/mol. The largest absolute Gasteiger partial charge is 0.472 e. The number of carbonyl (C=O) groups excluding carboxylic acids is 2. The molecule has 0 aliphatic heterocycles. The molecule has 6 heteroatoms. The summed E-state index contributed by atoms with van der Waals surface area (Å²) in [6, 6.07) is 1.34. The topological polar surface area (TPSA) is 92.9 Å². The van der Waals surface area contributed by atoms with Crippen LogP contribution in [-0.4, -0.2) is 29.4 Å². The van der Waals surface area contributed by atoms with Crippen LogP contribution in [0.2, 0.25) is 0 Å². The molecule has 1 heterocycles. The van der Waals surface area contributed by atoms with Crippen LogP contribution in [0, 0.1) is 0 Å². The molecule has 0 amide bonds. The lowest BCUT2D eigenvalue weighted by Gasteiger charge is -1.90. The van der Waals surface area contributed by atoms with Crippen LogP contribution in [-0.2, 0) is 9.53 Å². The quantitative estimate of drug-likeness (QED) is 0.173. The van der Waals surface area contributed by atoms with Crippen LogP contribution in [0.4, 0.5) is 0 Å². The second-order valence-corrected chi connectivity index (χ2v) is 2.28. The molecule has 0 aliphatic carbocycles. The number of Topliss-reactive ketones (excluding diaryl/α,β-unsaturated/α-hetero) is 1. The molecule has 72 valence electrons. The minimum atomic E-state index is -1.00. The fourth-order valence-electron chi connectivity index (χ4n) is 0.806. The van der Waals surface area contributed by atoms with Crippen molar-refractivity contribution >= 4 is 17.5 Å². The SMILES string of the molecule is COC(=O)C(=[N+]=[N-])C(=O)c1ccoc1. The Morgan fingerprint density at radius 1 is 1.57 bits per heavy atom. The molecule has 14 heavy (non-hydrogen) atoms. The first-order valence-electron chi connectivity index (χ1n) is 3.58. The van der Waals surface area contributed by atoms with Crippen LogP contribution < -0.4 is 0 Å². The van der Waals surface area contributed by atoms with Gasteiger partial charge in [-0.15, -0.1) is 0 Å². The van der Waals surface area contributed by atoms with Gasteiger partial charge in [-0.1, -0.05) is 0 Å². The first kappa shape index (κ1) is 9.88. The molecule has 0 aromatic carbocycles. The molecule has 1 aromatic heterocycles. The number of furan rings is 1. The van der Waals surface area contributed by atoms with Gasteiger partial charge in [-0.05, 0) is 6.07 Å². The minimum Gasteiger partial charge on any atom is -0.472 e. The fourth-order valence-corrected chi connectivity index (χ4v) is 0.806. The van der Waals surface area contributed by atoms with E-state index in [0.717, 1.165) is 13.4 Å². The average molecular weight is 194 g/mol.